The number of nitrogens with one attached hydrogen (secondary N) is 7. The van der Waals surface area contributed by atoms with Crippen LogP contribution >= 0.6 is 0 Å². The van der Waals surface area contributed by atoms with Crippen LogP contribution in [0, 0.1) is 0 Å². The number of nitrogens with two attached hydrogens (primary N) is 5. The molecule has 0 radical (unpaired) electrons. The summed E-state index contributed by atoms with van der Waals surface area (Å²) in [5.74, 6) is -0.317. The molecule has 0 bridgehead atoms. The number of unbranched alkanes of at least 4 members (excludes halogenated alkanes) is 1. The number of aliphatic hydroxyl groups excluding tert-OH is 2. The molecule has 4 saturated heterocycles. The number of fused-ring (bicyclic) bond motifs is 1. The zero-order valence-electron chi connectivity index (χ0n) is 34.6. The summed E-state index contributed by atoms with van der Waals surface area (Å²) in [6.45, 7) is 3.91. The monoisotopic (exact) mass is 893 g/mol. The van der Waals surface area contributed by atoms with E-state index in [9.17, 15) is 34.2 Å². The van der Waals surface area contributed by atoms with Crippen LogP contribution < -0.4 is 70.6 Å². The summed E-state index contributed by atoms with van der Waals surface area (Å²) in [5.41, 5.74) is 28.3. The van der Waals surface area contributed by atoms with Crippen molar-refractivity contribution in [3.05, 3.63) is 35.9 Å². The van der Waals surface area contributed by atoms with Crippen LogP contribution in [0.2, 0.25) is 0 Å². The van der Waals surface area contributed by atoms with Crippen LogP contribution in [0.1, 0.15) is 31.7 Å². The van der Waals surface area contributed by atoms with Crippen molar-refractivity contribution in [1.82, 2.24) is 37.2 Å². The molecule has 0 aromatic heterocycles. The van der Waals surface area contributed by atoms with E-state index < -0.39 is 110 Å². The largest absolute Gasteiger partial charge is 0.462 e. The zero-order valence-corrected chi connectivity index (χ0v) is 34.6. The summed E-state index contributed by atoms with van der Waals surface area (Å²) in [5, 5.41) is 41.4. The first-order chi connectivity index (χ1) is 30.1. The molecule has 4 aliphatic rings. The van der Waals surface area contributed by atoms with Gasteiger partial charge in [0.25, 0.3) is 0 Å². The third-order valence-electron chi connectivity index (χ3n) is 10.4. The van der Waals surface area contributed by atoms with Crippen molar-refractivity contribution in [1.29, 1.82) is 0 Å². The smallest absolute Gasteiger partial charge is 0.407 e. The van der Waals surface area contributed by atoms with Crippen molar-refractivity contribution in [2.45, 2.75) is 106 Å². The Hall–Kier alpha value is -5.74. The molecule has 4 fully saturated rings. The van der Waals surface area contributed by atoms with Gasteiger partial charge in [0.05, 0.1) is 31.4 Å². The van der Waals surface area contributed by atoms with Gasteiger partial charge in [0.15, 0.2) is 18.5 Å². The van der Waals surface area contributed by atoms with Gasteiger partial charge in [0.1, 0.15) is 48.3 Å². The minimum Gasteiger partial charge on any atom is -0.462 e. The molecule has 26 nitrogen and oxygen atoms in total. The van der Waals surface area contributed by atoms with Crippen molar-refractivity contribution < 1.29 is 62.6 Å². The van der Waals surface area contributed by atoms with E-state index in [0.717, 1.165) is 32.4 Å². The van der Waals surface area contributed by atoms with Gasteiger partial charge in [0.2, 0.25) is 12.2 Å². The lowest BCUT2D eigenvalue weighted by molar-refractivity contribution is -0.260. The maximum Gasteiger partial charge on any atom is 0.407 e. The van der Waals surface area contributed by atoms with Crippen molar-refractivity contribution in [3.63, 3.8) is 0 Å². The Morgan fingerprint density at radius 3 is 2.29 bits per heavy atom. The number of alkyl carbamates (subject to hydrolysis) is 1. The maximum atomic E-state index is 13.4. The predicted octanol–water partition coefficient (Wildman–Crippen LogP) is -4.66. The van der Waals surface area contributed by atoms with E-state index in [1.165, 1.54) is 6.08 Å². The van der Waals surface area contributed by atoms with Crippen LogP contribution in [-0.2, 0) is 28.5 Å². The fourth-order valence-corrected chi connectivity index (χ4v) is 7.33. The molecular formula is C37H59N13O13. The molecule has 4 aliphatic heterocycles. The number of carbonyl (C=O) groups excluding carboxylic acids is 5. The van der Waals surface area contributed by atoms with Gasteiger partial charge in [0, 0.05) is 12.6 Å². The first-order valence-electron chi connectivity index (χ1n) is 20.4. The molecule has 1 aromatic carbocycles. The average Bonchev–Trinajstić information content (AvgIpc) is 3.62. The fourth-order valence-electron chi connectivity index (χ4n) is 7.33. The van der Waals surface area contributed by atoms with Crippen molar-refractivity contribution in [2.24, 2.45) is 33.7 Å². The molecule has 0 saturated carbocycles. The van der Waals surface area contributed by atoms with Gasteiger partial charge in [-0.2, -0.15) is 0 Å². The SMILES string of the molecule is C[C@@H]1O[C@@H](Oc2ccc(C=CC(=O)NCCCNCCCCN)cc2)[C@H](N=C(N)N)[C@H](O)[C@H]1NC(=O)N[C@@H]1OC[C@H](O[C@H]2OC[C@@H]3OC(=O)N[C@H]3[C@H]2NC(N)=O)[C@@H](O)[C@H]1NC(N)=O. The Labute approximate surface area is 362 Å². The number of urea groups is 3. The highest BCUT2D eigenvalue weighted by molar-refractivity contribution is 5.91. The summed E-state index contributed by atoms with van der Waals surface area (Å²) >= 11 is 0. The highest BCUT2D eigenvalue weighted by Gasteiger charge is 2.51. The lowest BCUT2D eigenvalue weighted by atomic mass is 9.95. The number of benzene rings is 1. The summed E-state index contributed by atoms with van der Waals surface area (Å²) in [6, 6.07) is -1.96. The second-order valence-electron chi connectivity index (χ2n) is 15.1. The lowest BCUT2D eigenvalue weighted by Crippen LogP contribution is -2.70. The summed E-state index contributed by atoms with van der Waals surface area (Å²) < 4.78 is 34.6. The first kappa shape index (κ1) is 48.3. The molecule has 0 unspecified atom stereocenters. The number of guanidine groups is 1. The number of nitrogens with zero attached hydrogens (tertiary/aromatic N) is 1. The number of hydrogen-bond donors (Lipinski definition) is 14. The Morgan fingerprint density at radius 1 is 0.873 bits per heavy atom. The van der Waals surface area contributed by atoms with Gasteiger partial charge in [-0.3, -0.25) is 4.79 Å². The normalized spacial score (nSPS) is 31.4. The quantitative estimate of drug-likeness (QED) is 0.0269. The van der Waals surface area contributed by atoms with Crippen molar-refractivity contribution >= 4 is 42.1 Å². The molecule has 13 atom stereocenters. The van der Waals surface area contributed by atoms with Crippen LogP contribution in [0.15, 0.2) is 35.3 Å². The highest BCUT2D eigenvalue weighted by Crippen LogP contribution is 2.29. The van der Waals surface area contributed by atoms with E-state index in [1.807, 2.05) is 0 Å². The number of aliphatic imine (C=N–C) groups is 1. The van der Waals surface area contributed by atoms with Crippen LogP contribution in [0.4, 0.5) is 19.2 Å². The van der Waals surface area contributed by atoms with Gasteiger partial charge >= 0.3 is 24.2 Å². The number of primary amides is 2. The van der Waals surface area contributed by atoms with Crippen LogP contribution in [0.5, 0.6) is 5.75 Å². The summed E-state index contributed by atoms with van der Waals surface area (Å²) in [6.07, 6.45) is -4.84. The fraction of sp³-hybridized carbons (Fsp3) is 0.622. The first-order valence-corrected chi connectivity index (χ1v) is 20.4. The van der Waals surface area contributed by atoms with E-state index >= 15 is 0 Å². The number of rotatable bonds is 19. The average molecular weight is 894 g/mol. The van der Waals surface area contributed by atoms with Gasteiger partial charge in [-0.05, 0) is 69.6 Å². The Bertz CT molecular complexity index is 1770. The van der Waals surface area contributed by atoms with Crippen molar-refractivity contribution in [3.8, 4) is 5.75 Å². The third-order valence-corrected chi connectivity index (χ3v) is 10.4. The molecule has 19 N–H and O–H groups in total. The standard InChI is InChI=1S/C37H59N13O13/c1-17-23(29(53)27(45-33(39)40)32(60-17)61-19-8-5-18(6-9-19)7-10-22(51)44-14-4-13-43-12-3-2-11-38)48-36(56)50-30-26(47-35(42)55)28(52)21(16-58-30)62-31-25(46-34(41)54)24-20(15-59-31)63-37(57)49-24/h5-10,17,20-21,23-32,43,52-53H,2-4,11-16,38H2,1H3,(H,44,51)(H,49,57)(H4,39,40,45)(H3,41,46,54)(H3,42,47,55)(H2,48,50,56)/t17-,20-,21-,23-,24+,25+,26+,27+,28+,29+,30+,31+,32-/m0/s1. The zero-order chi connectivity index (χ0) is 45.6. The second-order valence-corrected chi connectivity index (χ2v) is 15.1. The molecule has 8 amide bonds. The van der Waals surface area contributed by atoms with Crippen LogP contribution in [0.3, 0.4) is 0 Å². The van der Waals surface area contributed by atoms with Gasteiger partial charge in [-0.15, -0.1) is 0 Å². The lowest BCUT2D eigenvalue weighted by Gasteiger charge is -2.44. The van der Waals surface area contributed by atoms with Gasteiger partial charge in [-0.1, -0.05) is 12.1 Å². The minimum atomic E-state index is -1.60. The van der Waals surface area contributed by atoms with E-state index in [1.54, 1.807) is 37.3 Å². The summed E-state index contributed by atoms with van der Waals surface area (Å²) in [4.78, 5) is 65.5. The number of aliphatic hydroxyl groups is 2. The molecule has 4 heterocycles. The van der Waals surface area contributed by atoms with Gasteiger partial charge in [-0.25, -0.2) is 24.2 Å². The van der Waals surface area contributed by atoms with Crippen LogP contribution in [-0.4, -0.2) is 165 Å². The Kier molecular flexibility index (Phi) is 17.7. The number of ether oxygens (including phenoxy) is 6. The Morgan fingerprint density at radius 2 is 1.59 bits per heavy atom. The minimum absolute atomic E-state index is 0.127. The molecule has 26 heteroatoms. The summed E-state index contributed by atoms with van der Waals surface area (Å²) in [7, 11) is 0. The molecule has 0 spiro atoms. The number of carbonyl (C=O) groups is 5. The molecular weight excluding hydrogens is 834 g/mol. The van der Waals surface area contributed by atoms with E-state index in [2.05, 4.69) is 42.2 Å². The van der Waals surface area contributed by atoms with Crippen molar-refractivity contribution in [2.75, 3.05) is 39.4 Å². The topological polar surface area (TPSA) is 408 Å². The molecule has 5 rings (SSSR count). The molecule has 350 valence electrons. The third kappa shape index (κ3) is 13.9. The molecule has 0 aliphatic carbocycles. The highest BCUT2D eigenvalue weighted by atomic mass is 16.7. The maximum absolute atomic E-state index is 13.4. The van der Waals surface area contributed by atoms with E-state index in [-0.39, 0.29) is 19.1 Å². The number of amides is 8. The van der Waals surface area contributed by atoms with E-state index in [4.69, 9.17) is 57.1 Å². The molecule has 63 heavy (non-hydrogen) atoms. The molecule has 1 aromatic rings. The van der Waals surface area contributed by atoms with Crippen LogP contribution in [0.25, 0.3) is 6.08 Å². The second kappa shape index (κ2) is 23.1. The number of hydrogen-bond acceptors (Lipinski definition) is 16. The predicted molar refractivity (Wildman–Crippen MR) is 221 cm³/mol. The van der Waals surface area contributed by atoms with Gasteiger partial charge < -0.3 is 105 Å². The Balaban J connectivity index is 1.15. The van der Waals surface area contributed by atoms with E-state index in [0.29, 0.717) is 24.4 Å².